The lowest BCUT2D eigenvalue weighted by Crippen LogP contribution is -2.38. The molecule has 1 aromatic heterocycles. The van der Waals surface area contributed by atoms with Crippen LogP contribution in [0.3, 0.4) is 0 Å². The van der Waals surface area contributed by atoms with Crippen molar-refractivity contribution in [2.24, 2.45) is 4.99 Å². The third-order valence-electron chi connectivity index (χ3n) is 3.36. The molecule has 0 aliphatic heterocycles. The number of ether oxygens (including phenoxy) is 2. The number of hydrogen-bond acceptors (Lipinski definition) is 5. The van der Waals surface area contributed by atoms with Crippen LogP contribution < -0.4 is 20.1 Å². The van der Waals surface area contributed by atoms with Gasteiger partial charge in [-0.2, -0.15) is 0 Å². The topological polar surface area (TPSA) is 67.8 Å². The minimum absolute atomic E-state index is 0.547. The molecule has 0 atom stereocenters. The smallest absolute Gasteiger partial charge is 0.191 e. The van der Waals surface area contributed by atoms with Gasteiger partial charge in [0.15, 0.2) is 5.96 Å². The zero-order valence-electron chi connectivity index (χ0n) is 14.5. The van der Waals surface area contributed by atoms with Crippen molar-refractivity contribution in [3.8, 4) is 11.5 Å². The number of aliphatic imine (C=N–C) groups is 1. The molecule has 0 radical (unpaired) electrons. The van der Waals surface area contributed by atoms with Crippen LogP contribution in [0.2, 0.25) is 0 Å². The molecule has 2 N–H and O–H groups in total. The molecule has 1 heterocycles. The molecule has 0 amide bonds. The number of aromatic nitrogens is 1. The Labute approximate surface area is 146 Å². The molecule has 130 valence electrons. The number of methoxy groups -OCH3 is 1. The van der Waals surface area contributed by atoms with Gasteiger partial charge in [0.2, 0.25) is 0 Å². The molecule has 0 saturated carbocycles. The highest BCUT2D eigenvalue weighted by atomic mass is 32.1. The highest BCUT2D eigenvalue weighted by Gasteiger charge is 2.05. The fourth-order valence-electron chi connectivity index (χ4n) is 2.13. The van der Waals surface area contributed by atoms with Crippen molar-refractivity contribution in [1.82, 2.24) is 15.6 Å². The molecule has 0 saturated heterocycles. The SMILES string of the molecule is CN=C(NCCOc1ccc(OC)cc1)NCc1sc(C)nc1C. The van der Waals surface area contributed by atoms with Crippen LogP contribution in [0.1, 0.15) is 15.6 Å². The molecule has 1 aromatic carbocycles. The Kier molecular flexibility index (Phi) is 6.87. The fourth-order valence-corrected chi connectivity index (χ4v) is 3.01. The summed E-state index contributed by atoms with van der Waals surface area (Å²) in [6.07, 6.45) is 0. The Morgan fingerprint density at radius 2 is 1.88 bits per heavy atom. The summed E-state index contributed by atoms with van der Waals surface area (Å²) in [5.74, 6) is 2.38. The predicted octanol–water partition coefficient (Wildman–Crippen LogP) is 2.51. The number of nitrogens with zero attached hydrogens (tertiary/aromatic N) is 2. The summed E-state index contributed by atoms with van der Waals surface area (Å²) in [4.78, 5) is 9.87. The van der Waals surface area contributed by atoms with E-state index in [1.165, 1.54) is 4.88 Å². The van der Waals surface area contributed by atoms with Gasteiger partial charge in [-0.05, 0) is 38.1 Å². The summed E-state index contributed by atoms with van der Waals surface area (Å²) < 4.78 is 10.8. The second-order valence-electron chi connectivity index (χ2n) is 5.12. The van der Waals surface area contributed by atoms with Crippen molar-refractivity contribution >= 4 is 17.3 Å². The lowest BCUT2D eigenvalue weighted by molar-refractivity contribution is 0.321. The molecule has 0 fully saturated rings. The van der Waals surface area contributed by atoms with Crippen LogP contribution in [0.4, 0.5) is 0 Å². The first-order chi connectivity index (χ1) is 11.6. The lowest BCUT2D eigenvalue weighted by Gasteiger charge is -2.12. The van der Waals surface area contributed by atoms with E-state index in [-0.39, 0.29) is 0 Å². The summed E-state index contributed by atoms with van der Waals surface area (Å²) in [7, 11) is 3.40. The monoisotopic (exact) mass is 348 g/mol. The number of guanidine groups is 1. The molecule has 24 heavy (non-hydrogen) atoms. The van der Waals surface area contributed by atoms with Gasteiger partial charge in [-0.3, -0.25) is 4.99 Å². The number of hydrogen-bond donors (Lipinski definition) is 2. The van der Waals surface area contributed by atoms with Crippen LogP contribution >= 0.6 is 11.3 Å². The van der Waals surface area contributed by atoms with Gasteiger partial charge in [-0.15, -0.1) is 11.3 Å². The van der Waals surface area contributed by atoms with Crippen molar-refractivity contribution in [2.75, 3.05) is 27.3 Å². The molecule has 0 unspecified atom stereocenters. The van der Waals surface area contributed by atoms with Crippen molar-refractivity contribution in [3.05, 3.63) is 39.8 Å². The van der Waals surface area contributed by atoms with E-state index in [9.17, 15) is 0 Å². The van der Waals surface area contributed by atoms with Crippen LogP contribution in [0.25, 0.3) is 0 Å². The van der Waals surface area contributed by atoms with Crippen LogP contribution in [0, 0.1) is 13.8 Å². The van der Waals surface area contributed by atoms with Crippen molar-refractivity contribution in [1.29, 1.82) is 0 Å². The summed E-state index contributed by atoms with van der Waals surface area (Å²) in [5, 5.41) is 7.61. The standard InChI is InChI=1S/C17H24N4O2S/c1-12-16(24-13(2)21-12)11-20-17(18-3)19-9-10-23-15-7-5-14(22-4)6-8-15/h5-8H,9-11H2,1-4H3,(H2,18,19,20). The quantitative estimate of drug-likeness (QED) is 0.457. The first-order valence-corrected chi connectivity index (χ1v) is 8.58. The Morgan fingerprint density at radius 1 is 1.17 bits per heavy atom. The Balaban J connectivity index is 1.70. The second kappa shape index (κ2) is 9.12. The molecule has 0 aliphatic carbocycles. The first kappa shape index (κ1) is 18.1. The maximum Gasteiger partial charge on any atom is 0.191 e. The molecule has 0 spiro atoms. The van der Waals surface area contributed by atoms with Gasteiger partial charge in [0.25, 0.3) is 0 Å². The average molecular weight is 348 g/mol. The zero-order valence-corrected chi connectivity index (χ0v) is 15.4. The van der Waals surface area contributed by atoms with E-state index in [1.807, 2.05) is 38.1 Å². The molecular weight excluding hydrogens is 324 g/mol. The molecule has 0 aliphatic rings. The zero-order chi connectivity index (χ0) is 17.4. The summed E-state index contributed by atoms with van der Waals surface area (Å²) in [6.45, 7) is 5.97. The summed E-state index contributed by atoms with van der Waals surface area (Å²) in [6, 6.07) is 7.53. The van der Waals surface area contributed by atoms with Gasteiger partial charge in [0, 0.05) is 11.9 Å². The van der Waals surface area contributed by atoms with Gasteiger partial charge in [-0.1, -0.05) is 0 Å². The van der Waals surface area contributed by atoms with E-state index in [2.05, 4.69) is 20.6 Å². The maximum atomic E-state index is 5.68. The predicted molar refractivity (Wildman–Crippen MR) is 98.3 cm³/mol. The largest absolute Gasteiger partial charge is 0.497 e. The molecule has 2 aromatic rings. The summed E-state index contributed by atoms with van der Waals surface area (Å²) >= 11 is 1.70. The second-order valence-corrected chi connectivity index (χ2v) is 6.41. The number of thiazole rings is 1. The van der Waals surface area contributed by atoms with E-state index < -0.39 is 0 Å². The third-order valence-corrected chi connectivity index (χ3v) is 4.44. The Morgan fingerprint density at radius 3 is 2.46 bits per heavy atom. The Hall–Kier alpha value is -2.28. The minimum atomic E-state index is 0.547. The number of rotatable bonds is 7. The molecule has 6 nitrogen and oxygen atoms in total. The van der Waals surface area contributed by atoms with Crippen molar-refractivity contribution < 1.29 is 9.47 Å². The van der Waals surface area contributed by atoms with Gasteiger partial charge < -0.3 is 20.1 Å². The van der Waals surface area contributed by atoms with E-state index in [0.717, 1.165) is 34.7 Å². The number of aryl methyl sites for hydroxylation is 2. The molecule has 0 bridgehead atoms. The lowest BCUT2D eigenvalue weighted by atomic mass is 10.3. The van der Waals surface area contributed by atoms with E-state index in [4.69, 9.17) is 9.47 Å². The molecule has 7 heteroatoms. The minimum Gasteiger partial charge on any atom is -0.497 e. The van der Waals surface area contributed by atoms with Crippen molar-refractivity contribution in [3.63, 3.8) is 0 Å². The number of benzene rings is 1. The molecule has 2 rings (SSSR count). The first-order valence-electron chi connectivity index (χ1n) is 7.76. The van der Waals surface area contributed by atoms with Gasteiger partial charge >= 0.3 is 0 Å². The number of nitrogens with one attached hydrogen (secondary N) is 2. The maximum absolute atomic E-state index is 5.68. The van der Waals surface area contributed by atoms with Crippen LogP contribution in [0.5, 0.6) is 11.5 Å². The van der Waals surface area contributed by atoms with Gasteiger partial charge in [-0.25, -0.2) is 4.98 Å². The van der Waals surface area contributed by atoms with Gasteiger partial charge in [0.05, 0.1) is 30.9 Å². The Bertz CT molecular complexity index is 668. The highest BCUT2D eigenvalue weighted by molar-refractivity contribution is 7.11. The normalized spacial score (nSPS) is 11.2. The van der Waals surface area contributed by atoms with Crippen LogP contribution in [0.15, 0.2) is 29.3 Å². The van der Waals surface area contributed by atoms with E-state index in [1.54, 1.807) is 25.5 Å². The van der Waals surface area contributed by atoms with Crippen LogP contribution in [-0.2, 0) is 6.54 Å². The van der Waals surface area contributed by atoms with Gasteiger partial charge in [0.1, 0.15) is 18.1 Å². The van der Waals surface area contributed by atoms with Crippen LogP contribution in [-0.4, -0.2) is 38.3 Å². The van der Waals surface area contributed by atoms with E-state index in [0.29, 0.717) is 13.2 Å². The third kappa shape index (κ3) is 5.42. The summed E-state index contributed by atoms with van der Waals surface area (Å²) in [5.41, 5.74) is 1.07. The van der Waals surface area contributed by atoms with E-state index >= 15 is 0 Å². The van der Waals surface area contributed by atoms with Crippen molar-refractivity contribution in [2.45, 2.75) is 20.4 Å². The average Bonchev–Trinajstić information content (AvgIpc) is 2.92. The molecular formula is C17H24N4O2S. The fraction of sp³-hybridized carbons (Fsp3) is 0.412. The highest BCUT2D eigenvalue weighted by Crippen LogP contribution is 2.17.